The molecule has 138 valence electrons. The minimum absolute atomic E-state index is 0.0990. The molecule has 0 unspecified atom stereocenters. The first-order chi connectivity index (χ1) is 12.7. The van der Waals surface area contributed by atoms with Crippen molar-refractivity contribution in [3.05, 3.63) is 48.0 Å². The van der Waals surface area contributed by atoms with Gasteiger partial charge in [0.1, 0.15) is 0 Å². The van der Waals surface area contributed by atoms with E-state index in [2.05, 4.69) is 4.90 Å². The lowest BCUT2D eigenvalue weighted by Gasteiger charge is -2.34. The molecule has 0 saturated carbocycles. The standard InChI is InChI=1S/C20H24N2O4/c1-24-17-10-9-15(19(25-2)20(17)26-3)13-21-11-12-22(18(23)14-21)16-7-5-4-6-8-16/h4-10H,11-14H2,1-3H3. The number of hydrogen-bond acceptors (Lipinski definition) is 5. The van der Waals surface area contributed by atoms with Crippen molar-refractivity contribution in [2.45, 2.75) is 6.54 Å². The smallest absolute Gasteiger partial charge is 0.241 e. The second kappa shape index (κ2) is 8.10. The molecule has 1 heterocycles. The Morgan fingerprint density at radius 3 is 2.23 bits per heavy atom. The zero-order valence-electron chi connectivity index (χ0n) is 15.4. The number of ether oxygens (including phenoxy) is 3. The maximum atomic E-state index is 12.6. The molecule has 1 aliphatic rings. The third kappa shape index (κ3) is 3.60. The first kappa shape index (κ1) is 18.1. The third-order valence-electron chi connectivity index (χ3n) is 4.55. The third-order valence-corrected chi connectivity index (χ3v) is 4.55. The summed E-state index contributed by atoms with van der Waals surface area (Å²) in [6.45, 7) is 2.43. The molecule has 0 spiro atoms. The summed E-state index contributed by atoms with van der Waals surface area (Å²) in [5, 5.41) is 0. The lowest BCUT2D eigenvalue weighted by atomic mass is 10.1. The summed E-state index contributed by atoms with van der Waals surface area (Å²) in [5.74, 6) is 1.94. The molecule has 0 radical (unpaired) electrons. The summed E-state index contributed by atoms with van der Waals surface area (Å²) in [4.78, 5) is 16.5. The fourth-order valence-electron chi connectivity index (χ4n) is 3.27. The molecule has 1 amide bonds. The van der Waals surface area contributed by atoms with Gasteiger partial charge in [-0.15, -0.1) is 0 Å². The number of anilines is 1. The molecule has 2 aromatic rings. The molecule has 0 aliphatic carbocycles. The molecular formula is C20H24N2O4. The van der Waals surface area contributed by atoms with E-state index in [0.717, 1.165) is 17.8 Å². The molecule has 26 heavy (non-hydrogen) atoms. The number of nitrogens with zero attached hydrogens (tertiary/aromatic N) is 2. The van der Waals surface area contributed by atoms with E-state index < -0.39 is 0 Å². The average Bonchev–Trinajstić information content (AvgIpc) is 2.68. The van der Waals surface area contributed by atoms with Gasteiger partial charge < -0.3 is 19.1 Å². The fourth-order valence-corrected chi connectivity index (χ4v) is 3.27. The highest BCUT2D eigenvalue weighted by atomic mass is 16.5. The Morgan fingerprint density at radius 1 is 0.885 bits per heavy atom. The van der Waals surface area contributed by atoms with Crippen molar-refractivity contribution in [3.63, 3.8) is 0 Å². The van der Waals surface area contributed by atoms with E-state index in [4.69, 9.17) is 14.2 Å². The minimum atomic E-state index is 0.0990. The monoisotopic (exact) mass is 356 g/mol. The van der Waals surface area contributed by atoms with Gasteiger partial charge in [0.05, 0.1) is 27.9 Å². The first-order valence-corrected chi connectivity index (χ1v) is 8.53. The van der Waals surface area contributed by atoms with Gasteiger partial charge in [0.25, 0.3) is 0 Å². The molecule has 1 aliphatic heterocycles. The first-order valence-electron chi connectivity index (χ1n) is 8.53. The van der Waals surface area contributed by atoms with E-state index >= 15 is 0 Å². The van der Waals surface area contributed by atoms with Crippen LogP contribution in [-0.4, -0.2) is 51.8 Å². The highest BCUT2D eigenvalue weighted by molar-refractivity contribution is 5.95. The number of piperazine rings is 1. The van der Waals surface area contributed by atoms with Gasteiger partial charge in [-0.1, -0.05) is 24.3 Å². The zero-order valence-corrected chi connectivity index (χ0v) is 15.4. The van der Waals surface area contributed by atoms with Crippen LogP contribution >= 0.6 is 0 Å². The predicted molar refractivity (Wildman–Crippen MR) is 100 cm³/mol. The Hall–Kier alpha value is -2.73. The molecule has 3 rings (SSSR count). The quantitative estimate of drug-likeness (QED) is 0.796. The Kier molecular flexibility index (Phi) is 5.63. The topological polar surface area (TPSA) is 51.2 Å². The summed E-state index contributed by atoms with van der Waals surface area (Å²) in [7, 11) is 4.80. The van der Waals surface area contributed by atoms with Gasteiger partial charge in [-0.2, -0.15) is 0 Å². The number of carbonyl (C=O) groups excluding carboxylic acids is 1. The molecule has 0 aromatic heterocycles. The van der Waals surface area contributed by atoms with Crippen LogP contribution in [0.2, 0.25) is 0 Å². The second-order valence-corrected chi connectivity index (χ2v) is 6.09. The van der Waals surface area contributed by atoms with E-state index in [1.807, 2.05) is 47.4 Å². The summed E-state index contributed by atoms with van der Waals surface area (Å²) >= 11 is 0. The van der Waals surface area contributed by atoms with Crippen LogP contribution in [0.1, 0.15) is 5.56 Å². The fraction of sp³-hybridized carbons (Fsp3) is 0.350. The molecule has 6 nitrogen and oxygen atoms in total. The van der Waals surface area contributed by atoms with Gasteiger partial charge in [-0.25, -0.2) is 0 Å². The highest BCUT2D eigenvalue weighted by Gasteiger charge is 2.26. The van der Waals surface area contributed by atoms with Gasteiger partial charge in [-0.05, 0) is 18.2 Å². The lowest BCUT2D eigenvalue weighted by molar-refractivity contribution is -0.121. The summed E-state index contributed by atoms with van der Waals surface area (Å²) in [6, 6.07) is 13.6. The minimum Gasteiger partial charge on any atom is -0.493 e. The number of para-hydroxylation sites is 1. The van der Waals surface area contributed by atoms with Gasteiger partial charge in [0, 0.05) is 30.9 Å². The number of carbonyl (C=O) groups is 1. The number of rotatable bonds is 6. The molecular weight excluding hydrogens is 332 g/mol. The van der Waals surface area contributed by atoms with Gasteiger partial charge >= 0.3 is 0 Å². The Morgan fingerprint density at radius 2 is 1.62 bits per heavy atom. The number of amides is 1. The SMILES string of the molecule is COc1ccc(CN2CCN(c3ccccc3)C(=O)C2)c(OC)c1OC. The Labute approximate surface area is 153 Å². The molecule has 6 heteroatoms. The van der Waals surface area contributed by atoms with Crippen LogP contribution in [0, 0.1) is 0 Å². The number of benzene rings is 2. The highest BCUT2D eigenvalue weighted by Crippen LogP contribution is 2.40. The van der Waals surface area contributed by atoms with Gasteiger partial charge in [0.15, 0.2) is 11.5 Å². The van der Waals surface area contributed by atoms with E-state index in [9.17, 15) is 4.79 Å². The van der Waals surface area contributed by atoms with E-state index in [-0.39, 0.29) is 5.91 Å². The van der Waals surface area contributed by atoms with E-state index in [0.29, 0.717) is 36.9 Å². The maximum Gasteiger partial charge on any atom is 0.241 e. The van der Waals surface area contributed by atoms with Crippen molar-refractivity contribution in [3.8, 4) is 17.2 Å². The van der Waals surface area contributed by atoms with Crippen molar-refractivity contribution in [1.29, 1.82) is 0 Å². The number of methoxy groups -OCH3 is 3. The van der Waals surface area contributed by atoms with E-state index in [1.54, 1.807) is 21.3 Å². The molecule has 1 saturated heterocycles. The van der Waals surface area contributed by atoms with Crippen LogP contribution < -0.4 is 19.1 Å². The second-order valence-electron chi connectivity index (χ2n) is 6.09. The van der Waals surface area contributed by atoms with Crippen LogP contribution in [0.25, 0.3) is 0 Å². The molecule has 2 aromatic carbocycles. The molecule has 1 fully saturated rings. The van der Waals surface area contributed by atoms with Crippen molar-refractivity contribution in [2.24, 2.45) is 0 Å². The molecule has 0 N–H and O–H groups in total. The Balaban J connectivity index is 1.74. The molecule has 0 bridgehead atoms. The van der Waals surface area contributed by atoms with Crippen molar-refractivity contribution in [2.75, 3.05) is 45.9 Å². The van der Waals surface area contributed by atoms with Crippen LogP contribution in [0.15, 0.2) is 42.5 Å². The lowest BCUT2D eigenvalue weighted by Crippen LogP contribution is -2.50. The average molecular weight is 356 g/mol. The summed E-state index contributed by atoms with van der Waals surface area (Å²) in [6.07, 6.45) is 0. The largest absolute Gasteiger partial charge is 0.493 e. The number of hydrogen-bond donors (Lipinski definition) is 0. The van der Waals surface area contributed by atoms with Crippen LogP contribution in [-0.2, 0) is 11.3 Å². The van der Waals surface area contributed by atoms with Crippen molar-refractivity contribution in [1.82, 2.24) is 4.90 Å². The summed E-state index contributed by atoms with van der Waals surface area (Å²) < 4.78 is 16.3. The van der Waals surface area contributed by atoms with E-state index in [1.165, 1.54) is 0 Å². The van der Waals surface area contributed by atoms with Crippen molar-refractivity contribution < 1.29 is 19.0 Å². The Bertz CT molecular complexity index is 764. The normalized spacial score (nSPS) is 15.0. The molecule has 0 atom stereocenters. The van der Waals surface area contributed by atoms with Crippen LogP contribution in [0.3, 0.4) is 0 Å². The predicted octanol–water partition coefficient (Wildman–Crippen LogP) is 2.56. The van der Waals surface area contributed by atoms with Crippen LogP contribution in [0.5, 0.6) is 17.2 Å². The van der Waals surface area contributed by atoms with Crippen LogP contribution in [0.4, 0.5) is 5.69 Å². The van der Waals surface area contributed by atoms with Gasteiger partial charge in [0.2, 0.25) is 11.7 Å². The zero-order chi connectivity index (χ0) is 18.5. The maximum absolute atomic E-state index is 12.6. The van der Waals surface area contributed by atoms with Crippen molar-refractivity contribution >= 4 is 11.6 Å². The summed E-state index contributed by atoms with van der Waals surface area (Å²) in [5.41, 5.74) is 1.91. The van der Waals surface area contributed by atoms with Gasteiger partial charge in [-0.3, -0.25) is 9.69 Å².